The van der Waals surface area contributed by atoms with Gasteiger partial charge in [0.1, 0.15) is 0 Å². The first-order chi connectivity index (χ1) is 7.76. The Bertz CT molecular complexity index is 577. The van der Waals surface area contributed by atoms with Crippen LogP contribution in [0.2, 0.25) is 0 Å². The number of carbonyl (C=O) groups excluding carboxylic acids is 1. The second-order valence-corrected chi connectivity index (χ2v) is 3.07. The molecule has 4 nitrogen and oxygen atoms in total. The van der Waals surface area contributed by atoms with E-state index < -0.39 is 5.97 Å². The minimum absolute atomic E-state index is 0.306. The lowest BCUT2D eigenvalue weighted by molar-refractivity contribution is -0.128. The zero-order valence-electron chi connectivity index (χ0n) is 8.61. The summed E-state index contributed by atoms with van der Waals surface area (Å²) in [5, 5.41) is 0.970. The molecule has 0 radical (unpaired) electrons. The Labute approximate surface area is 92.2 Å². The number of aromatic amines is 1. The third-order valence-corrected chi connectivity index (χ3v) is 2.17. The van der Waals surface area contributed by atoms with E-state index in [0.717, 1.165) is 10.9 Å². The fraction of sp³-hybridized carbons (Fsp3) is 0.0833. The highest BCUT2D eigenvalue weighted by atomic mass is 16.6. The normalized spacial score (nSPS) is 9.75. The zero-order chi connectivity index (χ0) is 11.5. The van der Waals surface area contributed by atoms with Gasteiger partial charge in [-0.25, -0.2) is 4.79 Å². The fourth-order valence-electron chi connectivity index (χ4n) is 1.49. The fourth-order valence-corrected chi connectivity index (χ4v) is 1.49. The first-order valence-corrected chi connectivity index (χ1v) is 4.58. The number of H-pyrrole nitrogens is 1. The molecule has 0 aliphatic carbocycles. The van der Waals surface area contributed by atoms with Gasteiger partial charge < -0.3 is 14.5 Å². The number of fused-ring (bicyclic) bond motifs is 1. The molecule has 1 heterocycles. The number of nitrogens with one attached hydrogen (secondary N) is 1. The lowest BCUT2D eigenvalue weighted by atomic mass is 10.2. The van der Waals surface area contributed by atoms with Crippen LogP contribution in [0.1, 0.15) is 0 Å². The van der Waals surface area contributed by atoms with Crippen molar-refractivity contribution in [3.63, 3.8) is 0 Å². The summed E-state index contributed by atoms with van der Waals surface area (Å²) in [6.45, 7) is 0. The molecule has 2 rings (SSSR count). The Morgan fingerprint density at radius 2 is 2.25 bits per heavy atom. The van der Waals surface area contributed by atoms with Gasteiger partial charge in [0.15, 0.2) is 11.5 Å². The van der Waals surface area contributed by atoms with E-state index in [2.05, 4.69) is 4.98 Å². The highest BCUT2D eigenvalue weighted by Gasteiger charge is 2.12. The Morgan fingerprint density at radius 1 is 1.44 bits per heavy atom. The maximum atomic E-state index is 11.0. The van der Waals surface area contributed by atoms with E-state index in [-0.39, 0.29) is 0 Å². The summed E-state index contributed by atoms with van der Waals surface area (Å²) < 4.78 is 10.1. The van der Waals surface area contributed by atoms with Gasteiger partial charge in [0, 0.05) is 17.5 Å². The lowest BCUT2D eigenvalue weighted by Gasteiger charge is -2.08. The minimum atomic E-state index is -0.746. The summed E-state index contributed by atoms with van der Waals surface area (Å²) in [5.41, 5.74) is 0.768. The third-order valence-electron chi connectivity index (χ3n) is 2.17. The van der Waals surface area contributed by atoms with Crippen LogP contribution in [-0.2, 0) is 4.79 Å². The summed E-state index contributed by atoms with van der Waals surface area (Å²) in [5.74, 6) is 1.90. The molecule has 4 heteroatoms. The molecule has 16 heavy (non-hydrogen) atoms. The molecule has 0 fully saturated rings. The predicted octanol–water partition coefficient (Wildman–Crippen LogP) is 1.72. The quantitative estimate of drug-likeness (QED) is 0.359. The largest absolute Gasteiger partial charge is 0.491 e. The van der Waals surface area contributed by atoms with Gasteiger partial charge in [-0.15, -0.1) is 6.42 Å². The summed E-state index contributed by atoms with van der Waals surface area (Å²) in [4.78, 5) is 14.0. The number of carbonyl (C=O) groups is 1. The number of esters is 1. The van der Waals surface area contributed by atoms with Crippen molar-refractivity contribution in [2.24, 2.45) is 0 Å². The highest BCUT2D eigenvalue weighted by molar-refractivity contribution is 5.93. The Morgan fingerprint density at radius 3 is 2.94 bits per heavy atom. The van der Waals surface area contributed by atoms with Crippen molar-refractivity contribution >= 4 is 16.9 Å². The molecular weight excluding hydrogens is 206 g/mol. The van der Waals surface area contributed by atoms with E-state index in [4.69, 9.17) is 15.9 Å². The summed E-state index contributed by atoms with van der Waals surface area (Å²) in [6.07, 6.45) is 6.71. The molecule has 0 saturated heterocycles. The number of hydrogen-bond donors (Lipinski definition) is 1. The van der Waals surface area contributed by atoms with Gasteiger partial charge in [-0.1, -0.05) is 0 Å². The molecule has 1 aromatic heterocycles. The minimum Gasteiger partial charge on any atom is -0.491 e. The van der Waals surface area contributed by atoms with Crippen LogP contribution in [0.3, 0.4) is 0 Å². The van der Waals surface area contributed by atoms with E-state index in [1.54, 1.807) is 12.3 Å². The van der Waals surface area contributed by atoms with E-state index in [1.807, 2.05) is 18.1 Å². The monoisotopic (exact) mass is 215 g/mol. The first kappa shape index (κ1) is 10.1. The predicted molar refractivity (Wildman–Crippen MR) is 59.3 cm³/mol. The summed E-state index contributed by atoms with van der Waals surface area (Å²) in [7, 11) is 1.50. The summed E-state index contributed by atoms with van der Waals surface area (Å²) in [6, 6.07) is 5.35. The number of ether oxygens (including phenoxy) is 2. The molecule has 0 atom stereocenters. The zero-order valence-corrected chi connectivity index (χ0v) is 8.61. The van der Waals surface area contributed by atoms with Gasteiger partial charge in [0.2, 0.25) is 0 Å². The highest BCUT2D eigenvalue weighted by Crippen LogP contribution is 2.34. The van der Waals surface area contributed by atoms with Gasteiger partial charge in [-0.3, -0.25) is 0 Å². The number of benzene rings is 1. The van der Waals surface area contributed by atoms with E-state index >= 15 is 0 Å². The average molecular weight is 215 g/mol. The number of hydrogen-bond acceptors (Lipinski definition) is 3. The van der Waals surface area contributed by atoms with Crippen molar-refractivity contribution < 1.29 is 14.3 Å². The molecule has 1 aromatic carbocycles. The third kappa shape index (κ3) is 1.59. The Hall–Kier alpha value is -2.41. The van der Waals surface area contributed by atoms with Gasteiger partial charge in [0.05, 0.1) is 12.6 Å². The molecule has 0 unspecified atom stereocenters. The molecule has 0 amide bonds. The molecule has 0 spiro atoms. The Kier molecular flexibility index (Phi) is 2.52. The smallest absolute Gasteiger partial charge is 0.389 e. The maximum absolute atomic E-state index is 11.0. The van der Waals surface area contributed by atoms with Crippen LogP contribution in [0, 0.1) is 12.3 Å². The van der Waals surface area contributed by atoms with E-state index in [9.17, 15) is 4.79 Å². The van der Waals surface area contributed by atoms with Crippen LogP contribution in [0.5, 0.6) is 11.5 Å². The van der Waals surface area contributed by atoms with Crippen LogP contribution in [0.4, 0.5) is 0 Å². The first-order valence-electron chi connectivity index (χ1n) is 4.58. The number of aromatic nitrogens is 1. The van der Waals surface area contributed by atoms with Crippen LogP contribution in [0.25, 0.3) is 10.9 Å². The molecular formula is C12H9NO3. The standard InChI is InChI=1S/C12H9NO3/c1-3-10(14)16-9-5-4-8-6-7-13-11(8)12(9)15-2/h1,4-7,13H,2H3. The van der Waals surface area contributed by atoms with Crippen molar-refractivity contribution in [2.75, 3.05) is 7.11 Å². The van der Waals surface area contributed by atoms with Crippen molar-refractivity contribution in [3.05, 3.63) is 24.4 Å². The van der Waals surface area contributed by atoms with Gasteiger partial charge >= 0.3 is 5.97 Å². The molecule has 80 valence electrons. The molecule has 1 N–H and O–H groups in total. The van der Waals surface area contributed by atoms with Gasteiger partial charge in [-0.05, 0) is 18.2 Å². The van der Waals surface area contributed by atoms with Gasteiger partial charge in [-0.2, -0.15) is 0 Å². The van der Waals surface area contributed by atoms with Crippen LogP contribution in [0.15, 0.2) is 24.4 Å². The van der Waals surface area contributed by atoms with Crippen LogP contribution in [-0.4, -0.2) is 18.1 Å². The molecule has 0 bridgehead atoms. The maximum Gasteiger partial charge on any atom is 0.389 e. The average Bonchev–Trinajstić information content (AvgIpc) is 2.76. The summed E-state index contributed by atoms with van der Waals surface area (Å²) >= 11 is 0. The molecule has 0 aliphatic heterocycles. The molecule has 0 aliphatic rings. The van der Waals surface area contributed by atoms with Crippen LogP contribution < -0.4 is 9.47 Å². The Balaban J connectivity index is 2.53. The molecule has 2 aromatic rings. The second-order valence-electron chi connectivity index (χ2n) is 3.07. The number of terminal acetylenes is 1. The number of methoxy groups -OCH3 is 1. The van der Waals surface area contributed by atoms with E-state index in [0.29, 0.717) is 11.5 Å². The molecule has 0 saturated carbocycles. The number of rotatable bonds is 2. The van der Waals surface area contributed by atoms with Gasteiger partial charge in [0.25, 0.3) is 0 Å². The topological polar surface area (TPSA) is 51.3 Å². The second kappa shape index (κ2) is 3.99. The van der Waals surface area contributed by atoms with Crippen LogP contribution >= 0.6 is 0 Å². The van der Waals surface area contributed by atoms with Crippen molar-refractivity contribution in [1.82, 2.24) is 4.98 Å². The van der Waals surface area contributed by atoms with Crippen molar-refractivity contribution in [2.45, 2.75) is 0 Å². The van der Waals surface area contributed by atoms with Crippen molar-refractivity contribution in [1.29, 1.82) is 0 Å². The SMILES string of the molecule is C#CC(=O)Oc1ccc2cc[nH]c2c1OC. The van der Waals surface area contributed by atoms with E-state index in [1.165, 1.54) is 7.11 Å². The lowest BCUT2D eigenvalue weighted by Crippen LogP contribution is -2.05. The van der Waals surface area contributed by atoms with Crippen molar-refractivity contribution in [3.8, 4) is 23.8 Å².